The van der Waals surface area contributed by atoms with Crippen LogP contribution < -0.4 is 5.32 Å². The molecular weight excluding hydrogens is 435 g/mol. The molecule has 2 heterocycles. The van der Waals surface area contributed by atoms with Crippen LogP contribution in [0.2, 0.25) is 0 Å². The fourth-order valence-electron chi connectivity index (χ4n) is 4.30. The van der Waals surface area contributed by atoms with Gasteiger partial charge in [-0.1, -0.05) is 18.2 Å². The van der Waals surface area contributed by atoms with E-state index >= 15 is 0 Å². The number of hydrogen-bond acceptors (Lipinski definition) is 5. The molecule has 8 nitrogen and oxygen atoms in total. The molecule has 2 amide bonds. The number of piperazine rings is 1. The average molecular weight is 469 g/mol. The van der Waals surface area contributed by atoms with Crippen LogP contribution in [0.3, 0.4) is 0 Å². The number of rotatable bonds is 4. The summed E-state index contributed by atoms with van der Waals surface area (Å²) < 4.78 is 39.2. The Morgan fingerprint density at radius 2 is 1.81 bits per heavy atom. The van der Waals surface area contributed by atoms with Gasteiger partial charge in [0.2, 0.25) is 21.8 Å². The zero-order valence-electron chi connectivity index (χ0n) is 18.6. The smallest absolute Gasteiger partial charge is 0.225 e. The normalized spacial score (nSPS) is 22.8. The third-order valence-corrected chi connectivity index (χ3v) is 7.52. The van der Waals surface area contributed by atoms with Crippen molar-refractivity contribution in [2.24, 2.45) is 5.92 Å². The minimum Gasteiger partial charge on any atom is -0.356 e. The summed E-state index contributed by atoms with van der Waals surface area (Å²) in [6.45, 7) is 3.89. The maximum atomic E-state index is 13.9. The number of halogens is 1. The van der Waals surface area contributed by atoms with Gasteiger partial charge >= 0.3 is 0 Å². The lowest BCUT2D eigenvalue weighted by Gasteiger charge is -2.36. The molecule has 0 aliphatic carbocycles. The molecule has 3 rings (SSSR count). The molecule has 0 bridgehead atoms. The molecule has 1 unspecified atom stereocenters. The molecule has 2 aliphatic heterocycles. The number of carbonyl (C=O) groups is 2. The topological polar surface area (TPSA) is 90.0 Å². The second kappa shape index (κ2) is 11.2. The molecule has 0 saturated carbocycles. The van der Waals surface area contributed by atoms with Crippen molar-refractivity contribution < 1.29 is 22.4 Å². The van der Waals surface area contributed by atoms with Crippen molar-refractivity contribution in [1.82, 2.24) is 19.4 Å². The summed E-state index contributed by atoms with van der Waals surface area (Å²) in [6, 6.07) is 6.74. The molecule has 1 aromatic carbocycles. The van der Waals surface area contributed by atoms with Gasteiger partial charge in [-0.3, -0.25) is 14.5 Å². The van der Waals surface area contributed by atoms with Crippen LogP contribution in [0, 0.1) is 11.7 Å². The highest BCUT2D eigenvalue weighted by molar-refractivity contribution is 7.88. The standard InChI is InChI=1S/C22H33FN4O4S/c1-32(30,31)27-11-4-6-18(8-10-24-21(28)9-12-27)22(29)26-15-13-25(14-16-26)17-19-5-2-3-7-20(19)23/h2-3,5,7,18H,4,6,8-17H2,1H3,(H,24,28). The van der Waals surface area contributed by atoms with E-state index in [2.05, 4.69) is 10.2 Å². The van der Waals surface area contributed by atoms with Gasteiger partial charge in [-0.2, -0.15) is 0 Å². The van der Waals surface area contributed by atoms with E-state index in [4.69, 9.17) is 0 Å². The molecule has 1 atom stereocenters. The van der Waals surface area contributed by atoms with Crippen molar-refractivity contribution in [3.05, 3.63) is 35.6 Å². The lowest BCUT2D eigenvalue weighted by atomic mass is 9.97. The summed E-state index contributed by atoms with van der Waals surface area (Å²) in [5.41, 5.74) is 0.654. The van der Waals surface area contributed by atoms with Crippen LogP contribution in [-0.2, 0) is 26.2 Å². The molecule has 0 radical (unpaired) electrons. The van der Waals surface area contributed by atoms with E-state index in [1.165, 1.54) is 10.4 Å². The number of carbonyl (C=O) groups excluding carboxylic acids is 2. The number of benzene rings is 1. The Balaban J connectivity index is 1.56. The van der Waals surface area contributed by atoms with Crippen LogP contribution in [0.5, 0.6) is 0 Å². The fourth-order valence-corrected chi connectivity index (χ4v) is 5.19. The van der Waals surface area contributed by atoms with Gasteiger partial charge in [-0.15, -0.1) is 0 Å². The van der Waals surface area contributed by atoms with E-state index < -0.39 is 10.0 Å². The van der Waals surface area contributed by atoms with E-state index in [-0.39, 0.29) is 36.5 Å². The molecule has 2 aliphatic rings. The largest absolute Gasteiger partial charge is 0.356 e. The molecule has 1 N–H and O–H groups in total. The van der Waals surface area contributed by atoms with Gasteiger partial charge in [0, 0.05) is 70.3 Å². The van der Waals surface area contributed by atoms with E-state index in [9.17, 15) is 22.4 Å². The first-order valence-electron chi connectivity index (χ1n) is 11.2. The van der Waals surface area contributed by atoms with E-state index in [0.29, 0.717) is 70.6 Å². The van der Waals surface area contributed by atoms with E-state index in [1.807, 2.05) is 11.0 Å². The van der Waals surface area contributed by atoms with E-state index in [0.717, 1.165) is 6.26 Å². The first kappa shape index (κ1) is 24.6. The summed E-state index contributed by atoms with van der Waals surface area (Å²) in [5, 5.41) is 2.80. The highest BCUT2D eigenvalue weighted by atomic mass is 32.2. The van der Waals surface area contributed by atoms with Crippen LogP contribution in [0.25, 0.3) is 0 Å². The molecule has 0 aromatic heterocycles. The molecule has 2 saturated heterocycles. The number of nitrogens with zero attached hydrogens (tertiary/aromatic N) is 3. The molecule has 1 aromatic rings. The second-order valence-corrected chi connectivity index (χ2v) is 10.6. The van der Waals surface area contributed by atoms with Crippen molar-refractivity contribution in [3.8, 4) is 0 Å². The average Bonchev–Trinajstić information content (AvgIpc) is 2.79. The molecule has 0 spiro atoms. The van der Waals surface area contributed by atoms with Gasteiger partial charge in [-0.25, -0.2) is 17.1 Å². The summed E-state index contributed by atoms with van der Waals surface area (Å²) in [5.74, 6) is -0.620. The summed E-state index contributed by atoms with van der Waals surface area (Å²) in [7, 11) is -3.40. The van der Waals surface area contributed by atoms with Gasteiger partial charge in [0.05, 0.1) is 6.26 Å². The Kier molecular flexibility index (Phi) is 8.61. The zero-order chi connectivity index (χ0) is 23.1. The minimum atomic E-state index is -3.40. The van der Waals surface area contributed by atoms with Gasteiger partial charge in [0.25, 0.3) is 0 Å². The third-order valence-electron chi connectivity index (χ3n) is 6.22. The predicted octanol–water partition coefficient (Wildman–Crippen LogP) is 1.04. The van der Waals surface area contributed by atoms with Crippen molar-refractivity contribution in [3.63, 3.8) is 0 Å². The predicted molar refractivity (Wildman–Crippen MR) is 120 cm³/mol. The van der Waals surface area contributed by atoms with Crippen molar-refractivity contribution in [2.45, 2.75) is 32.2 Å². The molecule has 10 heteroatoms. The lowest BCUT2D eigenvalue weighted by molar-refractivity contribution is -0.138. The first-order valence-corrected chi connectivity index (χ1v) is 13.1. The molecule has 178 valence electrons. The number of hydrogen-bond donors (Lipinski definition) is 1. The summed E-state index contributed by atoms with van der Waals surface area (Å²) in [6.07, 6.45) is 2.96. The maximum Gasteiger partial charge on any atom is 0.225 e. The Morgan fingerprint density at radius 1 is 1.09 bits per heavy atom. The Labute approximate surface area is 189 Å². The monoisotopic (exact) mass is 468 g/mol. The summed E-state index contributed by atoms with van der Waals surface area (Å²) >= 11 is 0. The number of nitrogens with one attached hydrogen (secondary N) is 1. The van der Waals surface area contributed by atoms with Crippen LogP contribution >= 0.6 is 0 Å². The maximum absolute atomic E-state index is 13.9. The van der Waals surface area contributed by atoms with Crippen LogP contribution in [-0.4, -0.2) is 86.4 Å². The van der Waals surface area contributed by atoms with Gasteiger partial charge in [0.1, 0.15) is 5.82 Å². The molecular formula is C22H33FN4O4S. The number of amides is 2. The van der Waals surface area contributed by atoms with Crippen molar-refractivity contribution in [2.75, 3.05) is 52.1 Å². The van der Waals surface area contributed by atoms with Gasteiger partial charge < -0.3 is 10.2 Å². The lowest BCUT2D eigenvalue weighted by Crippen LogP contribution is -2.50. The molecule has 2 fully saturated rings. The quantitative estimate of drug-likeness (QED) is 0.713. The van der Waals surface area contributed by atoms with Gasteiger partial charge in [0.15, 0.2) is 0 Å². The minimum absolute atomic E-state index is 0.0509. The Bertz CT molecular complexity index is 903. The zero-order valence-corrected chi connectivity index (χ0v) is 19.4. The highest BCUT2D eigenvalue weighted by Crippen LogP contribution is 2.19. The van der Waals surface area contributed by atoms with Crippen molar-refractivity contribution in [1.29, 1.82) is 0 Å². The first-order chi connectivity index (χ1) is 15.2. The highest BCUT2D eigenvalue weighted by Gasteiger charge is 2.28. The molecule has 32 heavy (non-hydrogen) atoms. The fraction of sp³-hybridized carbons (Fsp3) is 0.636. The van der Waals surface area contributed by atoms with Crippen molar-refractivity contribution >= 4 is 21.8 Å². The second-order valence-electron chi connectivity index (χ2n) is 8.58. The van der Waals surface area contributed by atoms with Gasteiger partial charge in [-0.05, 0) is 25.3 Å². The third kappa shape index (κ3) is 6.98. The summed E-state index contributed by atoms with van der Waals surface area (Å²) in [4.78, 5) is 29.2. The van der Waals surface area contributed by atoms with Crippen LogP contribution in [0.1, 0.15) is 31.2 Å². The van der Waals surface area contributed by atoms with Crippen LogP contribution in [0.4, 0.5) is 4.39 Å². The Morgan fingerprint density at radius 3 is 2.50 bits per heavy atom. The number of sulfonamides is 1. The SMILES string of the molecule is CS(=O)(=O)N1CCCC(C(=O)N2CCN(Cc3ccccc3F)CC2)CCNC(=O)CC1. The van der Waals surface area contributed by atoms with Crippen LogP contribution in [0.15, 0.2) is 24.3 Å². The van der Waals surface area contributed by atoms with E-state index in [1.54, 1.807) is 12.1 Å². The Hall–Kier alpha value is -2.04.